The number of fused-ring (bicyclic) bond motifs is 6. The normalized spacial score (nSPS) is 44.4. The minimum atomic E-state index is -1.14. The first kappa shape index (κ1) is 17.1. The largest absolute Gasteiger partial charge is 0.323 e. The van der Waals surface area contributed by atoms with E-state index in [-0.39, 0.29) is 10.8 Å². The molecule has 1 aromatic carbocycles. The molecule has 6 heteroatoms. The fourth-order valence-electron chi connectivity index (χ4n) is 4.00. The topological polar surface area (TPSA) is 55.4 Å². The minimum Gasteiger partial charge on any atom is -0.323 e. The first-order chi connectivity index (χ1) is 12.6. The van der Waals surface area contributed by atoms with Crippen molar-refractivity contribution in [3.05, 3.63) is 35.4 Å². The maximum absolute atomic E-state index is 6.03. The number of benzene rings is 1. The van der Waals surface area contributed by atoms with E-state index >= 15 is 0 Å². The summed E-state index contributed by atoms with van der Waals surface area (Å²) in [4.78, 5) is 0. The van der Waals surface area contributed by atoms with Crippen LogP contribution in [0.2, 0.25) is 0 Å². The second-order valence-corrected chi connectivity index (χ2v) is 8.13. The molecule has 6 nitrogen and oxygen atoms in total. The van der Waals surface area contributed by atoms with Gasteiger partial charge in [-0.05, 0) is 18.9 Å². The van der Waals surface area contributed by atoms with Crippen molar-refractivity contribution in [3.8, 4) is 0 Å². The molecule has 0 saturated carbocycles. The van der Waals surface area contributed by atoms with Crippen molar-refractivity contribution >= 4 is 0 Å². The molecule has 142 valence electrons. The van der Waals surface area contributed by atoms with Crippen molar-refractivity contribution in [1.29, 1.82) is 0 Å². The van der Waals surface area contributed by atoms with Gasteiger partial charge in [-0.1, -0.05) is 32.0 Å². The number of hydrogen-bond acceptors (Lipinski definition) is 6. The molecule has 6 heterocycles. The van der Waals surface area contributed by atoms with Crippen molar-refractivity contribution in [2.75, 3.05) is 39.6 Å². The lowest BCUT2D eigenvalue weighted by atomic mass is 9.85. The number of ether oxygens (including phenoxy) is 6. The lowest BCUT2D eigenvalue weighted by molar-refractivity contribution is -0.482. The van der Waals surface area contributed by atoms with E-state index in [0.29, 0.717) is 39.6 Å². The Hall–Kier alpha value is -1.02. The predicted molar refractivity (Wildman–Crippen MR) is 91.0 cm³/mol. The molecule has 26 heavy (non-hydrogen) atoms. The van der Waals surface area contributed by atoms with Crippen LogP contribution < -0.4 is 0 Å². The Kier molecular flexibility index (Phi) is 3.77. The lowest BCUT2D eigenvalue weighted by Gasteiger charge is -2.53. The molecule has 6 aliphatic heterocycles. The SMILES string of the molecule is CCC12COC(c3cccc(C45OCC(CC)(CO4)CO5)c3)(OC1)OC2. The van der Waals surface area contributed by atoms with Gasteiger partial charge in [0.25, 0.3) is 0 Å². The van der Waals surface area contributed by atoms with Crippen LogP contribution >= 0.6 is 0 Å². The zero-order valence-corrected chi connectivity index (χ0v) is 15.4. The summed E-state index contributed by atoms with van der Waals surface area (Å²) < 4.78 is 36.2. The average Bonchev–Trinajstić information content (AvgIpc) is 2.76. The van der Waals surface area contributed by atoms with Crippen LogP contribution in [0, 0.1) is 10.8 Å². The van der Waals surface area contributed by atoms with E-state index in [1.807, 2.05) is 24.3 Å². The Bertz CT molecular complexity index is 597. The molecule has 0 radical (unpaired) electrons. The van der Waals surface area contributed by atoms with Gasteiger partial charge in [0, 0.05) is 22.0 Å². The summed E-state index contributed by atoms with van der Waals surface area (Å²) in [6, 6.07) is 7.79. The van der Waals surface area contributed by atoms with E-state index in [4.69, 9.17) is 28.4 Å². The highest BCUT2D eigenvalue weighted by molar-refractivity contribution is 5.29. The first-order valence-corrected chi connectivity index (χ1v) is 9.52. The molecule has 0 N–H and O–H groups in total. The third-order valence-corrected chi connectivity index (χ3v) is 6.48. The molecule has 4 bridgehead atoms. The van der Waals surface area contributed by atoms with Crippen LogP contribution in [-0.4, -0.2) is 39.6 Å². The predicted octanol–water partition coefficient (Wildman–Crippen LogP) is 2.85. The van der Waals surface area contributed by atoms with Crippen LogP contribution in [0.1, 0.15) is 37.8 Å². The van der Waals surface area contributed by atoms with Crippen molar-refractivity contribution < 1.29 is 28.4 Å². The molecule has 0 aliphatic carbocycles. The van der Waals surface area contributed by atoms with Gasteiger partial charge in [0.2, 0.25) is 0 Å². The molecule has 1 aromatic rings. The molecule has 6 saturated heterocycles. The zero-order chi connectivity index (χ0) is 17.9. The minimum absolute atomic E-state index is 0.0242. The lowest BCUT2D eigenvalue weighted by Crippen LogP contribution is -2.59. The van der Waals surface area contributed by atoms with E-state index in [0.717, 1.165) is 24.0 Å². The Labute approximate surface area is 153 Å². The Balaban J connectivity index is 1.43. The van der Waals surface area contributed by atoms with E-state index in [2.05, 4.69) is 13.8 Å². The summed E-state index contributed by atoms with van der Waals surface area (Å²) in [5.74, 6) is -2.28. The zero-order valence-electron chi connectivity index (χ0n) is 15.4. The molecule has 6 aliphatic rings. The maximum atomic E-state index is 6.03. The molecule has 0 atom stereocenters. The van der Waals surface area contributed by atoms with Gasteiger partial charge in [-0.3, -0.25) is 0 Å². The summed E-state index contributed by atoms with van der Waals surface area (Å²) in [5.41, 5.74) is 1.57. The second-order valence-electron chi connectivity index (χ2n) is 8.13. The Morgan fingerprint density at radius 2 is 1.00 bits per heavy atom. The highest BCUT2D eigenvalue weighted by atomic mass is 16.9. The van der Waals surface area contributed by atoms with Crippen molar-refractivity contribution in [1.82, 2.24) is 0 Å². The van der Waals surface area contributed by atoms with Crippen molar-refractivity contribution in [3.63, 3.8) is 0 Å². The molecular weight excluding hydrogens is 336 g/mol. The number of hydrogen-bond donors (Lipinski definition) is 0. The van der Waals surface area contributed by atoms with Gasteiger partial charge in [-0.25, -0.2) is 0 Å². The van der Waals surface area contributed by atoms with Gasteiger partial charge in [0.05, 0.1) is 39.6 Å². The summed E-state index contributed by atoms with van der Waals surface area (Å²) >= 11 is 0. The van der Waals surface area contributed by atoms with Gasteiger partial charge in [-0.15, -0.1) is 0 Å². The third-order valence-electron chi connectivity index (χ3n) is 6.48. The monoisotopic (exact) mass is 362 g/mol. The highest BCUT2D eigenvalue weighted by Gasteiger charge is 2.55. The molecular formula is C20H26O6. The summed E-state index contributed by atoms with van der Waals surface area (Å²) in [6.45, 7) is 8.12. The van der Waals surface area contributed by atoms with Crippen LogP contribution in [0.25, 0.3) is 0 Å². The summed E-state index contributed by atoms with van der Waals surface area (Å²) in [7, 11) is 0. The van der Waals surface area contributed by atoms with Crippen LogP contribution in [0.5, 0.6) is 0 Å². The average molecular weight is 362 g/mol. The Morgan fingerprint density at radius 1 is 0.654 bits per heavy atom. The maximum Gasteiger partial charge on any atom is 0.312 e. The molecule has 0 spiro atoms. The van der Waals surface area contributed by atoms with Crippen LogP contribution in [0.4, 0.5) is 0 Å². The van der Waals surface area contributed by atoms with E-state index in [1.165, 1.54) is 0 Å². The first-order valence-electron chi connectivity index (χ1n) is 9.52. The van der Waals surface area contributed by atoms with Gasteiger partial charge in [-0.2, -0.15) is 0 Å². The van der Waals surface area contributed by atoms with Gasteiger partial charge in [0.1, 0.15) is 0 Å². The summed E-state index contributed by atoms with van der Waals surface area (Å²) in [5, 5.41) is 0. The van der Waals surface area contributed by atoms with E-state index < -0.39 is 11.9 Å². The quantitative estimate of drug-likeness (QED) is 0.821. The highest BCUT2D eigenvalue weighted by Crippen LogP contribution is 2.48. The Morgan fingerprint density at radius 3 is 1.31 bits per heavy atom. The van der Waals surface area contributed by atoms with Crippen molar-refractivity contribution in [2.24, 2.45) is 10.8 Å². The fraction of sp³-hybridized carbons (Fsp3) is 0.700. The van der Waals surface area contributed by atoms with Gasteiger partial charge >= 0.3 is 11.9 Å². The van der Waals surface area contributed by atoms with Gasteiger partial charge < -0.3 is 28.4 Å². The molecule has 0 amide bonds. The fourth-order valence-corrected chi connectivity index (χ4v) is 4.00. The molecule has 7 rings (SSSR count). The van der Waals surface area contributed by atoms with Crippen LogP contribution in [-0.2, 0) is 40.4 Å². The second kappa shape index (κ2) is 5.74. The number of rotatable bonds is 4. The third kappa shape index (κ3) is 2.33. The van der Waals surface area contributed by atoms with Crippen molar-refractivity contribution in [2.45, 2.75) is 38.6 Å². The van der Waals surface area contributed by atoms with E-state index in [9.17, 15) is 0 Å². The standard InChI is InChI=1S/C20H26O6/c1-3-17-9-21-19(22-10-17,23-11-17)15-6-5-7-16(8-15)20-24-12-18(4-2,13-25-20)14-26-20/h5-8H,3-4,9-14H2,1-2H3. The smallest absolute Gasteiger partial charge is 0.312 e. The van der Waals surface area contributed by atoms with E-state index in [1.54, 1.807) is 0 Å². The molecule has 6 fully saturated rings. The molecule has 0 aromatic heterocycles. The summed E-state index contributed by atoms with van der Waals surface area (Å²) in [6.07, 6.45) is 1.95. The van der Waals surface area contributed by atoms with Gasteiger partial charge in [0.15, 0.2) is 0 Å². The van der Waals surface area contributed by atoms with Crippen LogP contribution in [0.15, 0.2) is 24.3 Å². The molecule has 0 unspecified atom stereocenters. The van der Waals surface area contributed by atoms with Crippen LogP contribution in [0.3, 0.4) is 0 Å².